The van der Waals surface area contributed by atoms with E-state index >= 15 is 0 Å². The molecule has 1 aromatic heterocycles. The van der Waals surface area contributed by atoms with Gasteiger partial charge in [-0.1, -0.05) is 78.9 Å². The summed E-state index contributed by atoms with van der Waals surface area (Å²) in [7, 11) is 0. The van der Waals surface area contributed by atoms with Crippen molar-refractivity contribution in [3.05, 3.63) is 103 Å². The summed E-state index contributed by atoms with van der Waals surface area (Å²) >= 11 is 0. The Morgan fingerprint density at radius 1 is 0.448 bits per heavy atom. The van der Waals surface area contributed by atoms with E-state index in [0.29, 0.717) is 0 Å². The van der Waals surface area contributed by atoms with Gasteiger partial charge in [0.1, 0.15) is 0 Å². The van der Waals surface area contributed by atoms with E-state index in [1.807, 2.05) is 0 Å². The lowest BCUT2D eigenvalue weighted by Gasteiger charge is -2.10. The van der Waals surface area contributed by atoms with E-state index in [0.717, 1.165) is 11.2 Å². The van der Waals surface area contributed by atoms with Gasteiger partial charge in [0.2, 0.25) is 0 Å². The fourth-order valence-corrected chi connectivity index (χ4v) is 4.33. The predicted octanol–water partition coefficient (Wildman–Crippen LogP) is 4.84. The van der Waals surface area contributed by atoms with Gasteiger partial charge in [0.25, 0.3) is 0 Å². The van der Waals surface area contributed by atoms with Crippen LogP contribution >= 0.6 is 0 Å². The summed E-state index contributed by atoms with van der Waals surface area (Å²) in [6.07, 6.45) is 0. The minimum atomic E-state index is 0. The van der Waals surface area contributed by atoms with Gasteiger partial charge in [0.05, 0.1) is 10.8 Å². The van der Waals surface area contributed by atoms with Crippen LogP contribution in [0.25, 0.3) is 54.6 Å². The molecule has 0 amide bonds. The fraction of sp³-hybridized carbons (Fsp3) is 0. The van der Waals surface area contributed by atoms with Gasteiger partial charge in [-0.05, 0) is 39.2 Å². The van der Waals surface area contributed by atoms with Crippen molar-refractivity contribution in [1.82, 2.24) is 0 Å². The second-order valence-corrected chi connectivity index (χ2v) is 7.16. The molecule has 0 unspecified atom stereocenters. The molecule has 2 heteroatoms. The lowest BCUT2D eigenvalue weighted by Crippen LogP contribution is -3.00. The Hall–Kier alpha value is -3.23. The second kappa shape index (κ2) is 6.98. The van der Waals surface area contributed by atoms with Gasteiger partial charge in [-0.3, -0.25) is 0 Å². The van der Waals surface area contributed by atoms with Gasteiger partial charge in [-0.25, -0.2) is 4.42 Å². The third-order valence-electron chi connectivity index (χ3n) is 5.56. The highest BCUT2D eigenvalue weighted by Crippen LogP contribution is 2.42. The molecule has 0 spiro atoms. The van der Waals surface area contributed by atoms with E-state index in [4.69, 9.17) is 4.42 Å². The number of fused-ring (bicyclic) bond motifs is 6. The minimum Gasteiger partial charge on any atom is -1.00 e. The van der Waals surface area contributed by atoms with Crippen LogP contribution in [0.2, 0.25) is 0 Å². The average molecular weight is 437 g/mol. The molecule has 0 bridgehead atoms. The maximum absolute atomic E-state index is 6.42. The van der Waals surface area contributed by atoms with Gasteiger partial charge in [0.15, 0.2) is 0 Å². The highest BCUT2D eigenvalue weighted by Gasteiger charge is 2.23. The number of benzene rings is 5. The number of rotatable bonds is 1. The topological polar surface area (TPSA) is 11.3 Å². The molecule has 5 aromatic carbocycles. The van der Waals surface area contributed by atoms with Crippen LogP contribution in [-0.4, -0.2) is 0 Å². The summed E-state index contributed by atoms with van der Waals surface area (Å²) in [5.41, 5.74) is 4.28. The standard InChI is InChI=1S/C27H17O.BrH/c1-2-10-20(11-3-1)25-26-21-12-6-4-8-18(21)14-16-23(26)28-24-17-15-19-9-5-7-13-22(19)27(24)25;/h1-17H;1H/q+1;/p-1. The quantitative estimate of drug-likeness (QED) is 0.204. The molecule has 0 atom stereocenters. The lowest BCUT2D eigenvalue weighted by molar-refractivity contribution is -0.00000566. The van der Waals surface area contributed by atoms with Crippen LogP contribution in [0.4, 0.5) is 0 Å². The van der Waals surface area contributed by atoms with Gasteiger partial charge in [-0.2, -0.15) is 0 Å². The summed E-state index contributed by atoms with van der Waals surface area (Å²) in [6, 6.07) is 36.2. The van der Waals surface area contributed by atoms with E-state index < -0.39 is 0 Å². The highest BCUT2D eigenvalue weighted by atomic mass is 79.9. The SMILES string of the molecule is [Br-].c1ccc(-c2c3c(ccc4ccccc43)[o+]c3ccc4ccccc4c23)cc1. The zero-order chi connectivity index (χ0) is 18.5. The molecule has 0 saturated carbocycles. The lowest BCUT2D eigenvalue weighted by atomic mass is 9.91. The van der Waals surface area contributed by atoms with Crippen LogP contribution in [-0.2, 0) is 0 Å². The zero-order valence-corrected chi connectivity index (χ0v) is 17.2. The van der Waals surface area contributed by atoms with Gasteiger partial charge in [-0.15, -0.1) is 0 Å². The molecule has 0 N–H and O–H groups in total. The fourth-order valence-electron chi connectivity index (χ4n) is 4.33. The molecular weight excluding hydrogens is 420 g/mol. The van der Waals surface area contributed by atoms with Crippen molar-refractivity contribution in [1.29, 1.82) is 0 Å². The van der Waals surface area contributed by atoms with Crippen molar-refractivity contribution >= 4 is 43.5 Å². The number of hydrogen-bond donors (Lipinski definition) is 0. The Bertz CT molecular complexity index is 1410. The first-order valence-corrected chi connectivity index (χ1v) is 9.54. The Balaban J connectivity index is 0.00000181. The molecule has 0 aliphatic heterocycles. The van der Waals surface area contributed by atoms with Crippen molar-refractivity contribution in [2.45, 2.75) is 0 Å². The molecule has 0 aliphatic rings. The van der Waals surface area contributed by atoms with Crippen LogP contribution in [0.15, 0.2) is 108 Å². The third-order valence-corrected chi connectivity index (χ3v) is 5.56. The summed E-state index contributed by atoms with van der Waals surface area (Å²) in [5, 5.41) is 7.24. The highest BCUT2D eigenvalue weighted by molar-refractivity contribution is 6.24. The molecule has 6 aromatic rings. The summed E-state index contributed by atoms with van der Waals surface area (Å²) in [6.45, 7) is 0. The van der Waals surface area contributed by atoms with Crippen LogP contribution < -0.4 is 17.0 Å². The smallest absolute Gasteiger partial charge is 0.362 e. The summed E-state index contributed by atoms with van der Waals surface area (Å²) in [4.78, 5) is 0. The maximum atomic E-state index is 6.42. The Kier molecular flexibility index (Phi) is 4.30. The second-order valence-electron chi connectivity index (χ2n) is 7.16. The van der Waals surface area contributed by atoms with Crippen LogP contribution in [0.5, 0.6) is 0 Å². The summed E-state index contributed by atoms with van der Waals surface area (Å²) in [5.74, 6) is 0. The molecule has 6 rings (SSSR count). The largest absolute Gasteiger partial charge is 1.00 e. The zero-order valence-electron chi connectivity index (χ0n) is 15.6. The van der Waals surface area contributed by atoms with Crippen LogP contribution in [0.3, 0.4) is 0 Å². The molecule has 0 saturated heterocycles. The molecule has 1 nitrogen and oxygen atoms in total. The first-order chi connectivity index (χ1) is 13.9. The van der Waals surface area contributed by atoms with E-state index in [1.54, 1.807) is 0 Å². The maximum Gasteiger partial charge on any atom is 0.362 e. The summed E-state index contributed by atoms with van der Waals surface area (Å²) < 4.78 is 6.42. The Morgan fingerprint density at radius 2 is 0.931 bits per heavy atom. The van der Waals surface area contributed by atoms with Crippen molar-refractivity contribution < 1.29 is 21.4 Å². The van der Waals surface area contributed by atoms with E-state index in [9.17, 15) is 0 Å². The van der Waals surface area contributed by atoms with E-state index in [1.165, 1.54) is 43.4 Å². The van der Waals surface area contributed by atoms with Crippen LogP contribution in [0, 0.1) is 0 Å². The normalized spacial score (nSPS) is 11.2. The Labute approximate surface area is 179 Å². The first kappa shape index (κ1) is 17.8. The van der Waals surface area contributed by atoms with E-state index in [2.05, 4.69) is 103 Å². The van der Waals surface area contributed by atoms with Crippen molar-refractivity contribution in [2.75, 3.05) is 0 Å². The molecule has 29 heavy (non-hydrogen) atoms. The molecule has 0 radical (unpaired) electrons. The predicted molar refractivity (Wildman–Crippen MR) is 119 cm³/mol. The minimum absolute atomic E-state index is 0. The average Bonchev–Trinajstić information content (AvgIpc) is 2.78. The van der Waals surface area contributed by atoms with Crippen molar-refractivity contribution in [3.63, 3.8) is 0 Å². The number of halogens is 1. The number of hydrogen-bond acceptors (Lipinski definition) is 0. The van der Waals surface area contributed by atoms with Crippen molar-refractivity contribution in [2.24, 2.45) is 0 Å². The van der Waals surface area contributed by atoms with Gasteiger partial charge in [0, 0.05) is 17.7 Å². The monoisotopic (exact) mass is 436 g/mol. The third kappa shape index (κ3) is 2.72. The molecular formula is C27H17BrO. The van der Waals surface area contributed by atoms with Gasteiger partial charge < -0.3 is 17.0 Å². The van der Waals surface area contributed by atoms with E-state index in [-0.39, 0.29) is 17.0 Å². The van der Waals surface area contributed by atoms with Crippen LogP contribution in [0.1, 0.15) is 0 Å². The van der Waals surface area contributed by atoms with Gasteiger partial charge >= 0.3 is 11.2 Å². The molecule has 1 heterocycles. The Morgan fingerprint density at radius 3 is 1.48 bits per heavy atom. The molecule has 0 aliphatic carbocycles. The molecule has 138 valence electrons. The van der Waals surface area contributed by atoms with Crippen molar-refractivity contribution in [3.8, 4) is 11.1 Å². The molecule has 0 fully saturated rings. The first-order valence-electron chi connectivity index (χ1n) is 9.54.